The van der Waals surface area contributed by atoms with Gasteiger partial charge in [0.15, 0.2) is 5.78 Å². The van der Waals surface area contributed by atoms with Crippen molar-refractivity contribution < 1.29 is 8.91 Å². The lowest BCUT2D eigenvalue weighted by molar-refractivity contribution is 0.0976. The van der Waals surface area contributed by atoms with Gasteiger partial charge in [-0.05, 0) is 18.6 Å². The van der Waals surface area contributed by atoms with Crippen LogP contribution >= 0.6 is 0 Å². The maximum Gasteiger partial charge on any atom is 0.164 e. The minimum absolute atomic E-state index is 0.0774. The molecule has 0 spiro atoms. The Labute approximate surface area is 92.3 Å². The number of ketones is 1. The molecule has 5 nitrogen and oxygen atoms in total. The average Bonchev–Trinajstić information content (AvgIpc) is 2.34. The molecule has 0 saturated heterocycles. The molecule has 0 unspecified atom stereocenters. The van der Waals surface area contributed by atoms with Gasteiger partial charge in [-0.1, -0.05) is 0 Å². The number of Topliss-reactive ketones (excluding diaryl/α,β-unsaturated/α-hetero) is 1. The molecule has 0 aliphatic rings. The third-order valence-corrected chi connectivity index (χ3v) is 1.86. The first-order valence-electron chi connectivity index (χ1n) is 5.99. The molecule has 80 valence electrons. The van der Waals surface area contributed by atoms with Crippen LogP contribution in [0, 0.1) is 4.91 Å². The highest BCUT2D eigenvalue weighted by atomic mass is 16.3. The minimum Gasteiger partial charge on any atom is -0.294 e. The first-order valence-corrected chi connectivity index (χ1v) is 4.49. The molecule has 1 aromatic rings. The maximum absolute atomic E-state index is 11.7. The molecule has 0 amide bonds. The number of carbonyl (C=O) groups is 1. The molecule has 0 bridgehead atoms. The number of aromatic nitrogens is 1. The van der Waals surface area contributed by atoms with Crippen LogP contribution in [0.2, 0.25) is 0 Å². The van der Waals surface area contributed by atoms with Crippen molar-refractivity contribution in [1.29, 1.82) is 0 Å². The molecule has 0 aliphatic heterocycles. The summed E-state index contributed by atoms with van der Waals surface area (Å²) in [5.41, 5.74) is 0.469. The lowest BCUT2D eigenvalue weighted by atomic mass is 10.1. The highest BCUT2D eigenvalue weighted by Gasteiger charge is 2.05. The van der Waals surface area contributed by atoms with Crippen molar-refractivity contribution in [3.05, 3.63) is 35.0 Å². The van der Waals surface area contributed by atoms with Gasteiger partial charge >= 0.3 is 0 Å². The first-order chi connectivity index (χ1) is 8.45. The summed E-state index contributed by atoms with van der Waals surface area (Å²) in [5, 5.41) is 2.89. The van der Waals surface area contributed by atoms with Crippen LogP contribution in [0.3, 0.4) is 0 Å². The van der Waals surface area contributed by atoms with E-state index >= 15 is 0 Å². The zero-order valence-electron chi connectivity index (χ0n) is 11.1. The van der Waals surface area contributed by atoms with Crippen LogP contribution in [-0.2, 0) is 0 Å². The van der Waals surface area contributed by atoms with E-state index in [4.69, 9.17) is 4.11 Å². The fraction of sp³-hybridized carbons (Fsp3) is 0.400. The van der Waals surface area contributed by atoms with E-state index < -0.39 is 6.98 Å². The summed E-state index contributed by atoms with van der Waals surface area (Å²) in [7, 11) is 0. The Morgan fingerprint density at radius 2 is 2.60 bits per heavy atom. The molecule has 1 heterocycles. The van der Waals surface area contributed by atoms with Gasteiger partial charge in [-0.2, -0.15) is 0 Å². The average molecular weight is 210 g/mol. The van der Waals surface area contributed by atoms with Gasteiger partial charge in [0, 0.05) is 42.0 Å². The summed E-state index contributed by atoms with van der Waals surface area (Å²) in [6.07, 6.45) is 3.40. The van der Waals surface area contributed by atoms with Crippen molar-refractivity contribution in [1.82, 2.24) is 9.99 Å². The van der Waals surface area contributed by atoms with Crippen LogP contribution in [0.15, 0.2) is 29.8 Å². The smallest absolute Gasteiger partial charge is 0.164 e. The monoisotopic (exact) mass is 210 g/mol. The second-order valence-electron chi connectivity index (χ2n) is 2.97. The number of pyridine rings is 1. The number of carbonyl (C=O) groups excluding carboxylic acids is 1. The number of nitroso groups, excluding NO2 is 1. The van der Waals surface area contributed by atoms with Crippen LogP contribution in [0.5, 0.6) is 0 Å². The maximum atomic E-state index is 11.7. The van der Waals surface area contributed by atoms with E-state index in [1.165, 1.54) is 6.20 Å². The molecule has 5 heteroatoms. The molecule has 0 aromatic carbocycles. The lowest BCUT2D eigenvalue weighted by Gasteiger charge is -2.06. The number of rotatable bonds is 6. The van der Waals surface area contributed by atoms with E-state index in [-0.39, 0.29) is 25.2 Å². The van der Waals surface area contributed by atoms with Crippen molar-refractivity contribution in [3.63, 3.8) is 0 Å². The zero-order chi connectivity index (χ0) is 13.6. The van der Waals surface area contributed by atoms with Gasteiger partial charge in [0.1, 0.15) is 0 Å². The lowest BCUT2D eigenvalue weighted by Crippen LogP contribution is -2.13. The van der Waals surface area contributed by atoms with Gasteiger partial charge in [0.05, 0.1) is 5.29 Å². The highest BCUT2D eigenvalue weighted by Crippen LogP contribution is 2.03. The summed E-state index contributed by atoms with van der Waals surface area (Å²) < 4.78 is 21.0. The Morgan fingerprint density at radius 1 is 1.73 bits per heavy atom. The van der Waals surface area contributed by atoms with E-state index in [0.717, 1.165) is 0 Å². The topological polar surface area (TPSA) is 62.6 Å². The summed E-state index contributed by atoms with van der Waals surface area (Å²) in [4.78, 5) is 25.8. The van der Waals surface area contributed by atoms with Crippen molar-refractivity contribution >= 4 is 5.78 Å². The quantitative estimate of drug-likeness (QED) is 0.407. The van der Waals surface area contributed by atoms with Crippen LogP contribution < -0.4 is 0 Å². The summed E-state index contributed by atoms with van der Waals surface area (Å²) in [5.74, 6) is -0.139. The van der Waals surface area contributed by atoms with Crippen LogP contribution in [-0.4, -0.2) is 29.3 Å². The Bertz CT molecular complexity index is 409. The van der Waals surface area contributed by atoms with Crippen molar-refractivity contribution in [2.24, 2.45) is 5.29 Å². The third-order valence-electron chi connectivity index (χ3n) is 1.86. The van der Waals surface area contributed by atoms with Gasteiger partial charge < -0.3 is 0 Å². The second-order valence-corrected chi connectivity index (χ2v) is 2.97. The molecular weight excluding hydrogens is 194 g/mol. The van der Waals surface area contributed by atoms with E-state index in [0.29, 0.717) is 10.6 Å². The van der Waals surface area contributed by atoms with Gasteiger partial charge in [-0.3, -0.25) is 14.8 Å². The van der Waals surface area contributed by atoms with E-state index in [2.05, 4.69) is 10.3 Å². The number of hydrogen-bond acceptors (Lipinski definition) is 4. The SMILES string of the molecule is [2H]C([2H])([2H])N(CCCC(=O)c1cccnc1)N=O. The van der Waals surface area contributed by atoms with Crippen LogP contribution in [0.1, 0.15) is 27.3 Å². The molecular formula is C10H13N3O2. The number of nitrogens with zero attached hydrogens (tertiary/aromatic N) is 3. The van der Waals surface area contributed by atoms with Gasteiger partial charge in [0.2, 0.25) is 0 Å². The van der Waals surface area contributed by atoms with Crippen molar-refractivity contribution in [3.8, 4) is 0 Å². The Kier molecular flexibility index (Phi) is 2.93. The van der Waals surface area contributed by atoms with Crippen LogP contribution in [0.4, 0.5) is 0 Å². The molecule has 0 saturated carbocycles. The Morgan fingerprint density at radius 3 is 3.20 bits per heavy atom. The van der Waals surface area contributed by atoms with Gasteiger partial charge in [-0.15, -0.1) is 4.91 Å². The molecule has 15 heavy (non-hydrogen) atoms. The van der Waals surface area contributed by atoms with Crippen molar-refractivity contribution in [2.75, 3.05) is 13.5 Å². The van der Waals surface area contributed by atoms with Gasteiger partial charge in [-0.25, -0.2) is 0 Å². The highest BCUT2D eigenvalue weighted by molar-refractivity contribution is 5.95. The Balaban J connectivity index is 2.43. The minimum atomic E-state index is -2.56. The third kappa shape index (κ3) is 3.84. The zero-order valence-corrected chi connectivity index (χ0v) is 8.09. The van der Waals surface area contributed by atoms with E-state index in [1.807, 2.05) is 0 Å². The largest absolute Gasteiger partial charge is 0.294 e. The molecule has 0 fully saturated rings. The second kappa shape index (κ2) is 5.85. The normalized spacial score (nSPS) is 13.5. The standard InChI is InChI=1S/C10H13N3O2/c1-13(12-15)7-3-5-10(14)9-4-2-6-11-8-9/h2,4,6,8H,3,5,7H2,1H3/i1D3. The summed E-state index contributed by atoms with van der Waals surface area (Å²) in [6, 6.07) is 3.28. The summed E-state index contributed by atoms with van der Waals surface area (Å²) >= 11 is 0. The molecule has 1 rings (SSSR count). The number of hydrogen-bond donors (Lipinski definition) is 0. The fourth-order valence-corrected chi connectivity index (χ4v) is 1.10. The molecule has 0 aliphatic carbocycles. The predicted molar refractivity (Wildman–Crippen MR) is 56.2 cm³/mol. The molecule has 0 N–H and O–H groups in total. The van der Waals surface area contributed by atoms with Crippen molar-refractivity contribution in [2.45, 2.75) is 12.8 Å². The van der Waals surface area contributed by atoms with Gasteiger partial charge in [0.25, 0.3) is 0 Å². The fourth-order valence-electron chi connectivity index (χ4n) is 1.10. The van der Waals surface area contributed by atoms with E-state index in [9.17, 15) is 9.70 Å². The predicted octanol–water partition coefficient (Wildman–Crippen LogP) is 1.66. The molecule has 0 radical (unpaired) electrons. The Hall–Kier alpha value is -1.78. The van der Waals surface area contributed by atoms with E-state index in [1.54, 1.807) is 18.3 Å². The molecule has 1 aromatic heterocycles. The first kappa shape index (κ1) is 7.50. The molecule has 0 atom stereocenters. The summed E-state index contributed by atoms with van der Waals surface area (Å²) in [6.45, 7) is -2.63. The van der Waals surface area contributed by atoms with Crippen LogP contribution in [0.25, 0.3) is 0 Å².